The van der Waals surface area contributed by atoms with Crippen LogP contribution in [0.1, 0.15) is 45.2 Å². The maximum absolute atomic E-state index is 11.9. The summed E-state index contributed by atoms with van der Waals surface area (Å²) < 4.78 is 18.0. The number of ether oxygens (including phenoxy) is 3. The number of benzene rings is 2. The summed E-state index contributed by atoms with van der Waals surface area (Å²) >= 11 is 6.29. The van der Waals surface area contributed by atoms with E-state index in [1.165, 1.54) is 17.3 Å². The van der Waals surface area contributed by atoms with Crippen molar-refractivity contribution in [3.05, 3.63) is 58.5 Å². The molecule has 1 fully saturated rings. The molecule has 0 spiro atoms. The molecule has 0 bridgehead atoms. The van der Waals surface area contributed by atoms with Crippen molar-refractivity contribution < 1.29 is 19.0 Å². The molecule has 1 aliphatic heterocycles. The molecule has 2 aromatic carbocycles. The van der Waals surface area contributed by atoms with E-state index in [1.807, 2.05) is 37.3 Å². The number of carbonyl (C=O) groups excluding carboxylic acids is 1. The zero-order chi connectivity index (χ0) is 23.1. The fourth-order valence-electron chi connectivity index (χ4n) is 3.06. The first-order chi connectivity index (χ1) is 15.3. The molecule has 1 saturated heterocycles. The van der Waals surface area contributed by atoms with Gasteiger partial charge in [-0.2, -0.15) is 0 Å². The summed E-state index contributed by atoms with van der Waals surface area (Å²) in [5.74, 6) is 2.00. The quantitative estimate of drug-likeness (QED) is 0.287. The van der Waals surface area contributed by atoms with E-state index in [0.717, 1.165) is 17.7 Å². The van der Waals surface area contributed by atoms with E-state index >= 15 is 0 Å². The van der Waals surface area contributed by atoms with Gasteiger partial charge in [-0.1, -0.05) is 63.0 Å². The molecule has 0 saturated carbocycles. The summed E-state index contributed by atoms with van der Waals surface area (Å²) in [7, 11) is 0. The molecule has 1 N–H and O–H groups in total. The summed E-state index contributed by atoms with van der Waals surface area (Å²) in [6, 6.07) is 13.9. The van der Waals surface area contributed by atoms with E-state index in [-0.39, 0.29) is 11.3 Å². The number of hydrogen-bond donors (Lipinski definition) is 1. The molecule has 170 valence electrons. The van der Waals surface area contributed by atoms with Gasteiger partial charge in [0, 0.05) is 6.42 Å². The van der Waals surface area contributed by atoms with Crippen LogP contribution in [0, 0.1) is 0 Å². The Hall–Kier alpha value is -2.51. The first kappa shape index (κ1) is 24.1. The van der Waals surface area contributed by atoms with Gasteiger partial charge in [0.05, 0.1) is 24.7 Å². The minimum Gasteiger partial charge on any atom is -0.493 e. The minimum atomic E-state index is -0.175. The summed E-state index contributed by atoms with van der Waals surface area (Å²) in [5.41, 5.74) is 2.27. The number of thiocarbonyl (C=S) groups is 1. The van der Waals surface area contributed by atoms with E-state index in [2.05, 4.69) is 38.2 Å². The summed E-state index contributed by atoms with van der Waals surface area (Å²) in [6.07, 6.45) is 2.54. The summed E-state index contributed by atoms with van der Waals surface area (Å²) in [6.45, 7) is 10.1. The van der Waals surface area contributed by atoms with Crippen LogP contribution >= 0.6 is 24.0 Å². The Morgan fingerprint density at radius 3 is 2.34 bits per heavy atom. The first-order valence-electron chi connectivity index (χ1n) is 10.6. The smallest absolute Gasteiger partial charge is 0.263 e. The third kappa shape index (κ3) is 6.74. The van der Waals surface area contributed by atoms with Crippen molar-refractivity contribution in [1.82, 2.24) is 5.32 Å². The van der Waals surface area contributed by atoms with Crippen LogP contribution in [0.5, 0.6) is 17.2 Å². The van der Waals surface area contributed by atoms with Gasteiger partial charge in [0.25, 0.3) is 5.91 Å². The molecule has 0 radical (unpaired) electrons. The number of thioether (sulfide) groups is 1. The van der Waals surface area contributed by atoms with Crippen LogP contribution in [0.15, 0.2) is 47.4 Å². The van der Waals surface area contributed by atoms with Crippen LogP contribution in [-0.2, 0) is 10.2 Å². The first-order valence-corrected chi connectivity index (χ1v) is 11.9. The average molecular weight is 472 g/mol. The topological polar surface area (TPSA) is 56.8 Å². The standard InChI is InChI=1S/C25H29NO4S2/c1-5-28-21-15-17(16-22-23(27)26-24(31)32-22)7-12-20(21)30-14-6-13-29-19-10-8-18(9-11-19)25(2,3)4/h7-12,15-16H,5-6,13-14H2,1-4H3,(H,26,27,31)/b22-16+. The predicted molar refractivity (Wildman–Crippen MR) is 135 cm³/mol. The van der Waals surface area contributed by atoms with Gasteiger partial charge in [-0.15, -0.1) is 0 Å². The SMILES string of the molecule is CCOc1cc(/C=C2/SC(=S)NC2=O)ccc1OCCCOc1ccc(C(C)(C)C)cc1. The van der Waals surface area contributed by atoms with Crippen molar-refractivity contribution in [3.8, 4) is 17.2 Å². The van der Waals surface area contributed by atoms with Crippen LogP contribution in [0.4, 0.5) is 0 Å². The van der Waals surface area contributed by atoms with E-state index in [1.54, 1.807) is 6.08 Å². The molecule has 2 aromatic rings. The largest absolute Gasteiger partial charge is 0.493 e. The highest BCUT2D eigenvalue weighted by Gasteiger charge is 2.22. The van der Waals surface area contributed by atoms with Crippen LogP contribution in [0.25, 0.3) is 6.08 Å². The summed E-state index contributed by atoms with van der Waals surface area (Å²) in [4.78, 5) is 12.4. The van der Waals surface area contributed by atoms with Gasteiger partial charge in [-0.3, -0.25) is 4.79 Å². The number of amides is 1. The van der Waals surface area contributed by atoms with Gasteiger partial charge < -0.3 is 19.5 Å². The molecule has 3 rings (SSSR count). The van der Waals surface area contributed by atoms with Crippen LogP contribution in [0.2, 0.25) is 0 Å². The molecule has 1 heterocycles. The molecule has 5 nitrogen and oxygen atoms in total. The molecule has 0 aliphatic carbocycles. The van der Waals surface area contributed by atoms with Crippen LogP contribution in [-0.4, -0.2) is 30.0 Å². The van der Waals surface area contributed by atoms with Gasteiger partial charge >= 0.3 is 0 Å². The molecule has 1 aliphatic rings. The molecule has 0 aromatic heterocycles. The Bertz CT molecular complexity index is 994. The minimum absolute atomic E-state index is 0.131. The second-order valence-electron chi connectivity index (χ2n) is 8.32. The van der Waals surface area contributed by atoms with Crippen LogP contribution in [0.3, 0.4) is 0 Å². The van der Waals surface area contributed by atoms with E-state index in [4.69, 9.17) is 26.4 Å². The van der Waals surface area contributed by atoms with E-state index < -0.39 is 0 Å². The molecular formula is C25H29NO4S2. The van der Waals surface area contributed by atoms with Gasteiger partial charge in [0.1, 0.15) is 10.1 Å². The fraction of sp³-hybridized carbons (Fsp3) is 0.360. The molecule has 32 heavy (non-hydrogen) atoms. The van der Waals surface area contributed by atoms with E-state index in [9.17, 15) is 4.79 Å². The Morgan fingerprint density at radius 1 is 1.00 bits per heavy atom. The third-order valence-corrected chi connectivity index (χ3v) is 5.91. The lowest BCUT2D eigenvalue weighted by molar-refractivity contribution is -0.115. The summed E-state index contributed by atoms with van der Waals surface area (Å²) in [5, 5.41) is 2.62. The van der Waals surface area contributed by atoms with Crippen molar-refractivity contribution in [2.75, 3.05) is 19.8 Å². The monoisotopic (exact) mass is 471 g/mol. The van der Waals surface area contributed by atoms with Gasteiger partial charge in [-0.25, -0.2) is 0 Å². The molecule has 1 amide bonds. The van der Waals surface area contributed by atoms with Crippen molar-refractivity contribution in [2.24, 2.45) is 0 Å². The lowest BCUT2D eigenvalue weighted by Gasteiger charge is -2.19. The number of hydrogen-bond acceptors (Lipinski definition) is 6. The normalized spacial score (nSPS) is 15.1. The molecule has 7 heteroatoms. The van der Waals surface area contributed by atoms with Crippen molar-refractivity contribution in [3.63, 3.8) is 0 Å². The second kappa shape index (κ2) is 10.9. The van der Waals surface area contributed by atoms with E-state index in [0.29, 0.717) is 40.5 Å². The maximum Gasteiger partial charge on any atom is 0.263 e. The Morgan fingerprint density at radius 2 is 1.72 bits per heavy atom. The Labute approximate surface area is 199 Å². The highest BCUT2D eigenvalue weighted by molar-refractivity contribution is 8.26. The average Bonchev–Trinajstić information content (AvgIpc) is 3.05. The zero-order valence-electron chi connectivity index (χ0n) is 18.9. The molecule has 0 atom stereocenters. The zero-order valence-corrected chi connectivity index (χ0v) is 20.5. The van der Waals surface area contributed by atoms with Gasteiger partial charge in [0.2, 0.25) is 0 Å². The van der Waals surface area contributed by atoms with Crippen molar-refractivity contribution in [2.45, 2.75) is 39.5 Å². The number of rotatable bonds is 9. The number of carbonyl (C=O) groups is 1. The Balaban J connectivity index is 1.52. The molecule has 0 unspecified atom stereocenters. The lowest BCUT2D eigenvalue weighted by atomic mass is 9.87. The second-order valence-corrected chi connectivity index (χ2v) is 10.0. The van der Waals surface area contributed by atoms with Crippen LogP contribution < -0.4 is 19.5 Å². The fourth-order valence-corrected chi connectivity index (χ4v) is 4.10. The lowest BCUT2D eigenvalue weighted by Crippen LogP contribution is -2.17. The van der Waals surface area contributed by atoms with Crippen molar-refractivity contribution in [1.29, 1.82) is 0 Å². The highest BCUT2D eigenvalue weighted by Crippen LogP contribution is 2.32. The third-order valence-electron chi connectivity index (χ3n) is 4.74. The predicted octanol–water partition coefficient (Wildman–Crippen LogP) is 5.72. The maximum atomic E-state index is 11.9. The van der Waals surface area contributed by atoms with Crippen molar-refractivity contribution >= 4 is 40.3 Å². The van der Waals surface area contributed by atoms with Gasteiger partial charge in [0.15, 0.2) is 11.5 Å². The Kier molecular flexibility index (Phi) is 8.21. The van der Waals surface area contributed by atoms with Gasteiger partial charge in [-0.05, 0) is 53.8 Å². The number of nitrogens with one attached hydrogen (secondary N) is 1. The molecular weight excluding hydrogens is 442 g/mol. The highest BCUT2D eigenvalue weighted by atomic mass is 32.2.